The fraction of sp³-hybridized carbons (Fsp3) is 0.0870. The van der Waals surface area contributed by atoms with Crippen molar-refractivity contribution in [1.82, 2.24) is 10.9 Å². The molecular formula is C23H19N3O4. The number of hydrogen-bond donors (Lipinski definition) is 2. The van der Waals surface area contributed by atoms with Crippen molar-refractivity contribution in [3.8, 4) is 17.6 Å². The van der Waals surface area contributed by atoms with E-state index in [0.717, 1.165) is 22.1 Å². The number of amides is 2. The third kappa shape index (κ3) is 5.59. The van der Waals surface area contributed by atoms with E-state index < -0.39 is 11.8 Å². The molecule has 0 heterocycles. The summed E-state index contributed by atoms with van der Waals surface area (Å²) in [6, 6.07) is 19.9. The zero-order valence-corrected chi connectivity index (χ0v) is 16.2. The molecule has 2 N–H and O–H groups in total. The number of carbonyl (C=O) groups is 2. The van der Waals surface area contributed by atoms with Crippen LogP contribution in [0.2, 0.25) is 0 Å². The van der Waals surface area contributed by atoms with Gasteiger partial charge >= 0.3 is 0 Å². The number of ether oxygens (including phenoxy) is 2. The molecule has 0 unspecified atom stereocenters. The number of fused-ring (bicyclic) bond motifs is 1. The number of nitrogens with one attached hydrogen (secondary N) is 2. The Labute approximate surface area is 173 Å². The topological polar surface area (TPSA) is 100 Å². The molecule has 0 spiro atoms. The molecule has 0 fully saturated rings. The summed E-state index contributed by atoms with van der Waals surface area (Å²) in [6.07, 6.45) is 2.98. The van der Waals surface area contributed by atoms with E-state index in [1.165, 1.54) is 6.08 Å². The van der Waals surface area contributed by atoms with Gasteiger partial charge < -0.3 is 9.47 Å². The van der Waals surface area contributed by atoms with Gasteiger partial charge in [0.15, 0.2) is 6.61 Å². The van der Waals surface area contributed by atoms with Crippen molar-refractivity contribution in [3.05, 3.63) is 77.9 Å². The summed E-state index contributed by atoms with van der Waals surface area (Å²) in [5.41, 5.74) is 5.91. The first kappa shape index (κ1) is 20.4. The van der Waals surface area contributed by atoms with Crippen LogP contribution < -0.4 is 20.3 Å². The van der Waals surface area contributed by atoms with Crippen LogP contribution in [-0.2, 0) is 9.59 Å². The minimum Gasteiger partial charge on any atom is -0.497 e. The van der Waals surface area contributed by atoms with Crippen LogP contribution in [0.25, 0.3) is 16.8 Å². The summed E-state index contributed by atoms with van der Waals surface area (Å²) < 4.78 is 10.5. The summed E-state index contributed by atoms with van der Waals surface area (Å²) >= 11 is 0. The molecule has 0 aliphatic rings. The van der Waals surface area contributed by atoms with Crippen molar-refractivity contribution in [2.24, 2.45) is 0 Å². The van der Waals surface area contributed by atoms with Crippen LogP contribution in [0.4, 0.5) is 0 Å². The quantitative estimate of drug-likeness (QED) is 0.489. The molecule has 0 bridgehead atoms. The Morgan fingerprint density at radius 2 is 1.67 bits per heavy atom. The van der Waals surface area contributed by atoms with Crippen LogP contribution in [0, 0.1) is 11.3 Å². The molecule has 150 valence electrons. The second-order valence-corrected chi connectivity index (χ2v) is 6.27. The second kappa shape index (κ2) is 9.75. The highest BCUT2D eigenvalue weighted by Crippen LogP contribution is 2.22. The maximum absolute atomic E-state index is 11.9. The Morgan fingerprint density at radius 3 is 2.40 bits per heavy atom. The lowest BCUT2D eigenvalue weighted by atomic mass is 10.1. The average molecular weight is 401 g/mol. The summed E-state index contributed by atoms with van der Waals surface area (Å²) in [6.45, 7) is -0.274. The number of rotatable bonds is 6. The smallest absolute Gasteiger partial charge is 0.276 e. The van der Waals surface area contributed by atoms with E-state index in [4.69, 9.17) is 14.7 Å². The van der Waals surface area contributed by atoms with Gasteiger partial charge in [-0.25, -0.2) is 0 Å². The zero-order chi connectivity index (χ0) is 21.3. The number of hydrazine groups is 1. The van der Waals surface area contributed by atoms with Gasteiger partial charge in [0.2, 0.25) is 0 Å². The lowest BCUT2D eigenvalue weighted by molar-refractivity contribution is -0.128. The van der Waals surface area contributed by atoms with Crippen molar-refractivity contribution in [2.45, 2.75) is 0 Å². The molecule has 0 aliphatic carbocycles. The van der Waals surface area contributed by atoms with Gasteiger partial charge in [-0.15, -0.1) is 0 Å². The Kier molecular flexibility index (Phi) is 6.64. The number of hydrogen-bond acceptors (Lipinski definition) is 5. The van der Waals surface area contributed by atoms with Gasteiger partial charge in [0.05, 0.1) is 18.7 Å². The minimum absolute atomic E-state index is 0.274. The summed E-state index contributed by atoms with van der Waals surface area (Å²) in [4.78, 5) is 23.7. The SMILES string of the molecule is COc1ccc2cc(/C=C/C(=O)NNC(=O)COc3ccc(C#N)cc3)ccc2c1. The van der Waals surface area contributed by atoms with Crippen LogP contribution in [0.5, 0.6) is 11.5 Å². The number of nitrogens with zero attached hydrogens (tertiary/aromatic N) is 1. The molecule has 0 atom stereocenters. The maximum atomic E-state index is 11.9. The predicted molar refractivity (Wildman–Crippen MR) is 112 cm³/mol. The van der Waals surface area contributed by atoms with Crippen LogP contribution in [0.3, 0.4) is 0 Å². The van der Waals surface area contributed by atoms with Gasteiger partial charge in [-0.3, -0.25) is 20.4 Å². The standard InChI is InChI=1S/C23H19N3O4/c1-29-21-10-7-18-12-16(2-6-19(18)13-21)5-11-22(27)25-26-23(28)15-30-20-8-3-17(14-24)4-9-20/h2-13H,15H2,1H3,(H,25,27)(H,26,28)/b11-5+. The lowest BCUT2D eigenvalue weighted by Crippen LogP contribution is -2.43. The van der Waals surface area contributed by atoms with E-state index in [0.29, 0.717) is 11.3 Å². The number of benzene rings is 3. The van der Waals surface area contributed by atoms with E-state index in [1.54, 1.807) is 37.5 Å². The van der Waals surface area contributed by atoms with Crippen molar-refractivity contribution >= 4 is 28.7 Å². The molecule has 0 aliphatic heterocycles. The van der Waals surface area contributed by atoms with Crippen LogP contribution in [0.15, 0.2) is 66.7 Å². The normalized spacial score (nSPS) is 10.4. The zero-order valence-electron chi connectivity index (χ0n) is 16.2. The van der Waals surface area contributed by atoms with Gasteiger partial charge in [-0.2, -0.15) is 5.26 Å². The molecule has 0 radical (unpaired) electrons. The van der Waals surface area contributed by atoms with Crippen LogP contribution in [0.1, 0.15) is 11.1 Å². The Morgan fingerprint density at radius 1 is 0.967 bits per heavy atom. The van der Waals surface area contributed by atoms with E-state index >= 15 is 0 Å². The summed E-state index contributed by atoms with van der Waals surface area (Å²) in [5.74, 6) is 0.241. The van der Waals surface area contributed by atoms with Gasteiger partial charge in [0.1, 0.15) is 11.5 Å². The molecular weight excluding hydrogens is 382 g/mol. The molecule has 3 aromatic rings. The summed E-state index contributed by atoms with van der Waals surface area (Å²) in [7, 11) is 1.62. The fourth-order valence-electron chi connectivity index (χ4n) is 2.63. The fourth-order valence-corrected chi connectivity index (χ4v) is 2.63. The second-order valence-electron chi connectivity index (χ2n) is 6.27. The number of methoxy groups -OCH3 is 1. The lowest BCUT2D eigenvalue weighted by Gasteiger charge is -2.07. The van der Waals surface area contributed by atoms with Gasteiger partial charge in [-0.1, -0.05) is 18.2 Å². The Bertz CT molecular complexity index is 1130. The van der Waals surface area contributed by atoms with Crippen LogP contribution >= 0.6 is 0 Å². The van der Waals surface area contributed by atoms with E-state index in [-0.39, 0.29) is 6.61 Å². The van der Waals surface area contributed by atoms with Crippen molar-refractivity contribution in [1.29, 1.82) is 5.26 Å². The van der Waals surface area contributed by atoms with Crippen molar-refractivity contribution in [3.63, 3.8) is 0 Å². The monoisotopic (exact) mass is 401 g/mol. The molecule has 0 saturated carbocycles. The number of carbonyl (C=O) groups excluding carboxylic acids is 2. The Hall–Kier alpha value is -4.31. The highest BCUT2D eigenvalue weighted by molar-refractivity contribution is 5.94. The highest BCUT2D eigenvalue weighted by Gasteiger charge is 2.04. The molecule has 7 heteroatoms. The third-order valence-corrected chi connectivity index (χ3v) is 4.18. The molecule has 3 aromatic carbocycles. The maximum Gasteiger partial charge on any atom is 0.276 e. The largest absolute Gasteiger partial charge is 0.497 e. The van der Waals surface area contributed by atoms with Gasteiger partial charge in [0.25, 0.3) is 11.8 Å². The molecule has 30 heavy (non-hydrogen) atoms. The van der Waals surface area contributed by atoms with Crippen molar-refractivity contribution < 1.29 is 19.1 Å². The van der Waals surface area contributed by atoms with Crippen molar-refractivity contribution in [2.75, 3.05) is 13.7 Å². The first-order chi connectivity index (χ1) is 14.6. The van der Waals surface area contributed by atoms with E-state index in [9.17, 15) is 9.59 Å². The molecule has 0 saturated heterocycles. The van der Waals surface area contributed by atoms with Gasteiger partial charge in [0, 0.05) is 6.08 Å². The van der Waals surface area contributed by atoms with E-state index in [1.807, 2.05) is 42.5 Å². The highest BCUT2D eigenvalue weighted by atomic mass is 16.5. The molecule has 0 aromatic heterocycles. The molecule has 7 nitrogen and oxygen atoms in total. The first-order valence-corrected chi connectivity index (χ1v) is 9.05. The Balaban J connectivity index is 1.47. The first-order valence-electron chi connectivity index (χ1n) is 9.05. The number of nitriles is 1. The van der Waals surface area contributed by atoms with E-state index in [2.05, 4.69) is 10.9 Å². The predicted octanol–water partition coefficient (Wildman–Crippen LogP) is 2.96. The van der Waals surface area contributed by atoms with Gasteiger partial charge in [-0.05, 0) is 64.9 Å². The van der Waals surface area contributed by atoms with Crippen LogP contribution in [-0.4, -0.2) is 25.5 Å². The molecule has 2 amide bonds. The third-order valence-electron chi connectivity index (χ3n) is 4.18. The minimum atomic E-state index is -0.513. The molecule has 3 rings (SSSR count). The average Bonchev–Trinajstić information content (AvgIpc) is 2.79. The summed E-state index contributed by atoms with van der Waals surface area (Å²) in [5, 5.41) is 10.8.